The van der Waals surface area contributed by atoms with Crippen LogP contribution >= 0.6 is 0 Å². The number of carbonyl (C=O) groups is 3. The standard InChI is InChI=1S/C22H26N4O5/c1-5-15-6-8-16(9-7-15)23-21(28)22(29)26-25-14(2)12-20(27)24-18-11-10-17(30-3)13-19(18)31-4/h6-11,13H,5,12H2,1-4H3,(H,23,28)(H,24,27)(H,26,29)/b25-14+. The van der Waals surface area contributed by atoms with Crippen LogP contribution in [0.25, 0.3) is 0 Å². The topological polar surface area (TPSA) is 118 Å². The van der Waals surface area contributed by atoms with Crippen LogP contribution in [0.5, 0.6) is 11.5 Å². The van der Waals surface area contributed by atoms with Crippen molar-refractivity contribution in [3.8, 4) is 11.5 Å². The summed E-state index contributed by atoms with van der Waals surface area (Å²) in [5.74, 6) is -1.11. The van der Waals surface area contributed by atoms with Crippen LogP contribution in [-0.2, 0) is 20.8 Å². The van der Waals surface area contributed by atoms with Gasteiger partial charge in [-0.1, -0.05) is 19.1 Å². The van der Waals surface area contributed by atoms with Crippen molar-refractivity contribution in [2.45, 2.75) is 26.7 Å². The zero-order valence-electron chi connectivity index (χ0n) is 17.9. The van der Waals surface area contributed by atoms with Gasteiger partial charge < -0.3 is 20.1 Å². The van der Waals surface area contributed by atoms with Gasteiger partial charge in [-0.2, -0.15) is 5.10 Å². The molecule has 0 radical (unpaired) electrons. The minimum atomic E-state index is -0.934. The van der Waals surface area contributed by atoms with Crippen molar-refractivity contribution >= 4 is 34.8 Å². The Morgan fingerprint density at radius 1 is 0.935 bits per heavy atom. The molecule has 0 heterocycles. The van der Waals surface area contributed by atoms with Gasteiger partial charge in [-0.3, -0.25) is 14.4 Å². The zero-order valence-corrected chi connectivity index (χ0v) is 17.9. The van der Waals surface area contributed by atoms with Gasteiger partial charge in [-0.05, 0) is 43.2 Å². The number of anilines is 2. The first-order valence-electron chi connectivity index (χ1n) is 9.61. The van der Waals surface area contributed by atoms with Crippen LogP contribution in [0, 0.1) is 0 Å². The van der Waals surface area contributed by atoms with Crippen LogP contribution < -0.4 is 25.5 Å². The van der Waals surface area contributed by atoms with E-state index in [0.29, 0.717) is 28.6 Å². The highest BCUT2D eigenvalue weighted by Gasteiger charge is 2.14. The molecule has 0 atom stereocenters. The molecule has 0 saturated heterocycles. The van der Waals surface area contributed by atoms with E-state index in [1.165, 1.54) is 14.2 Å². The molecule has 0 bridgehead atoms. The van der Waals surface area contributed by atoms with Crippen LogP contribution in [0.4, 0.5) is 11.4 Å². The van der Waals surface area contributed by atoms with E-state index in [9.17, 15) is 14.4 Å². The van der Waals surface area contributed by atoms with Crippen LogP contribution in [0.3, 0.4) is 0 Å². The van der Waals surface area contributed by atoms with Crippen LogP contribution in [0.2, 0.25) is 0 Å². The summed E-state index contributed by atoms with van der Waals surface area (Å²) >= 11 is 0. The first-order chi connectivity index (χ1) is 14.9. The molecule has 0 unspecified atom stereocenters. The molecule has 31 heavy (non-hydrogen) atoms. The SMILES string of the molecule is CCc1ccc(NC(=O)C(=O)N/N=C(\C)CC(=O)Nc2ccc(OC)cc2OC)cc1. The van der Waals surface area contributed by atoms with Crippen molar-refractivity contribution in [1.29, 1.82) is 0 Å². The molecule has 0 saturated carbocycles. The maximum Gasteiger partial charge on any atom is 0.329 e. The summed E-state index contributed by atoms with van der Waals surface area (Å²) in [4.78, 5) is 36.2. The van der Waals surface area contributed by atoms with Gasteiger partial charge in [0.25, 0.3) is 0 Å². The largest absolute Gasteiger partial charge is 0.497 e. The van der Waals surface area contributed by atoms with Gasteiger partial charge in [-0.15, -0.1) is 0 Å². The number of aryl methyl sites for hydroxylation is 1. The average Bonchev–Trinajstić information content (AvgIpc) is 2.78. The summed E-state index contributed by atoms with van der Waals surface area (Å²) in [6, 6.07) is 12.2. The highest BCUT2D eigenvalue weighted by atomic mass is 16.5. The Labute approximate surface area is 180 Å². The van der Waals surface area contributed by atoms with Gasteiger partial charge in [0.2, 0.25) is 5.91 Å². The summed E-state index contributed by atoms with van der Waals surface area (Å²) in [5.41, 5.74) is 4.56. The zero-order chi connectivity index (χ0) is 22.8. The van der Waals surface area contributed by atoms with E-state index in [4.69, 9.17) is 9.47 Å². The molecule has 2 aromatic carbocycles. The number of rotatable bonds is 8. The molecule has 0 spiro atoms. The molecular formula is C22H26N4O5. The predicted octanol–water partition coefficient (Wildman–Crippen LogP) is 2.73. The predicted molar refractivity (Wildman–Crippen MR) is 118 cm³/mol. The lowest BCUT2D eigenvalue weighted by molar-refractivity contribution is -0.136. The van der Waals surface area contributed by atoms with E-state index in [1.54, 1.807) is 37.3 Å². The van der Waals surface area contributed by atoms with Crippen molar-refractivity contribution in [2.75, 3.05) is 24.9 Å². The highest BCUT2D eigenvalue weighted by molar-refractivity contribution is 6.39. The van der Waals surface area contributed by atoms with Crippen molar-refractivity contribution in [2.24, 2.45) is 5.10 Å². The summed E-state index contributed by atoms with van der Waals surface area (Å²) < 4.78 is 10.4. The van der Waals surface area contributed by atoms with E-state index >= 15 is 0 Å². The van der Waals surface area contributed by atoms with E-state index < -0.39 is 11.8 Å². The summed E-state index contributed by atoms with van der Waals surface area (Å²) in [7, 11) is 3.01. The molecule has 9 nitrogen and oxygen atoms in total. The molecule has 164 valence electrons. The number of hydrogen-bond acceptors (Lipinski definition) is 6. The number of hydrogen-bond donors (Lipinski definition) is 3. The first-order valence-corrected chi connectivity index (χ1v) is 9.61. The quantitative estimate of drug-likeness (QED) is 0.341. The van der Waals surface area contributed by atoms with E-state index in [0.717, 1.165) is 12.0 Å². The molecule has 3 N–H and O–H groups in total. The summed E-state index contributed by atoms with van der Waals surface area (Å²) in [5, 5.41) is 9.00. The number of hydrazone groups is 1. The second kappa shape index (κ2) is 11.3. The molecule has 2 aromatic rings. The monoisotopic (exact) mass is 426 g/mol. The highest BCUT2D eigenvalue weighted by Crippen LogP contribution is 2.29. The Hall–Kier alpha value is -3.88. The number of nitrogens with zero attached hydrogens (tertiary/aromatic N) is 1. The van der Waals surface area contributed by atoms with E-state index in [-0.39, 0.29) is 12.3 Å². The third-order valence-corrected chi connectivity index (χ3v) is 4.27. The fraction of sp³-hybridized carbons (Fsp3) is 0.273. The van der Waals surface area contributed by atoms with Crippen molar-refractivity contribution in [3.05, 3.63) is 48.0 Å². The van der Waals surface area contributed by atoms with Gasteiger partial charge in [0.05, 0.1) is 26.3 Å². The Kier molecular flexibility index (Phi) is 8.56. The smallest absolute Gasteiger partial charge is 0.329 e. The van der Waals surface area contributed by atoms with Crippen molar-refractivity contribution in [3.63, 3.8) is 0 Å². The Morgan fingerprint density at radius 3 is 2.26 bits per heavy atom. The van der Waals surface area contributed by atoms with Crippen LogP contribution in [0.1, 0.15) is 25.8 Å². The van der Waals surface area contributed by atoms with Crippen LogP contribution in [0.15, 0.2) is 47.6 Å². The van der Waals surface area contributed by atoms with Crippen LogP contribution in [-0.4, -0.2) is 37.7 Å². The van der Waals surface area contributed by atoms with Gasteiger partial charge in [0.1, 0.15) is 11.5 Å². The molecule has 9 heteroatoms. The third-order valence-electron chi connectivity index (χ3n) is 4.27. The van der Waals surface area contributed by atoms with E-state index in [2.05, 4.69) is 21.2 Å². The summed E-state index contributed by atoms with van der Waals surface area (Å²) in [6.07, 6.45) is 0.789. The summed E-state index contributed by atoms with van der Waals surface area (Å²) in [6.45, 7) is 3.58. The molecule has 0 aliphatic heterocycles. The molecule has 0 aromatic heterocycles. The van der Waals surface area contributed by atoms with Gasteiger partial charge in [0, 0.05) is 17.5 Å². The molecule has 0 fully saturated rings. The van der Waals surface area contributed by atoms with Gasteiger partial charge in [0.15, 0.2) is 0 Å². The van der Waals surface area contributed by atoms with Crippen molar-refractivity contribution < 1.29 is 23.9 Å². The normalized spacial score (nSPS) is 10.8. The minimum absolute atomic E-state index is 0.0877. The molecule has 2 rings (SSSR count). The first kappa shape index (κ1) is 23.4. The molecule has 0 aliphatic rings. The Morgan fingerprint density at radius 2 is 1.65 bits per heavy atom. The number of amides is 3. The van der Waals surface area contributed by atoms with Gasteiger partial charge >= 0.3 is 11.8 Å². The number of ether oxygens (including phenoxy) is 2. The number of nitrogens with one attached hydrogen (secondary N) is 3. The average molecular weight is 426 g/mol. The minimum Gasteiger partial charge on any atom is -0.497 e. The number of benzene rings is 2. The lowest BCUT2D eigenvalue weighted by Gasteiger charge is -2.11. The number of carbonyl (C=O) groups excluding carboxylic acids is 3. The second-order valence-corrected chi connectivity index (χ2v) is 6.58. The molecule has 3 amide bonds. The van der Waals surface area contributed by atoms with Gasteiger partial charge in [-0.25, -0.2) is 5.43 Å². The number of methoxy groups -OCH3 is 2. The molecular weight excluding hydrogens is 400 g/mol. The maximum atomic E-state index is 12.2. The maximum absolute atomic E-state index is 12.2. The lowest BCUT2D eigenvalue weighted by Crippen LogP contribution is -2.33. The fourth-order valence-corrected chi connectivity index (χ4v) is 2.58. The second-order valence-electron chi connectivity index (χ2n) is 6.58. The fourth-order valence-electron chi connectivity index (χ4n) is 2.58. The Balaban J connectivity index is 1.87. The molecule has 0 aliphatic carbocycles. The van der Waals surface area contributed by atoms with E-state index in [1.807, 2.05) is 19.1 Å². The lowest BCUT2D eigenvalue weighted by atomic mass is 10.1. The third kappa shape index (κ3) is 7.14. The Bertz CT molecular complexity index is 970. The van der Waals surface area contributed by atoms with Crippen molar-refractivity contribution in [1.82, 2.24) is 5.43 Å².